The molecule has 2 aliphatic heterocycles. The third-order valence-corrected chi connectivity index (χ3v) is 10.8. The Morgan fingerprint density at radius 3 is 2.48 bits per heavy atom. The van der Waals surface area contributed by atoms with Crippen LogP contribution in [0.25, 0.3) is 0 Å². The average Bonchev–Trinajstić information content (AvgIpc) is 3.01. The standard InChI is InChI=1S/C30H29ClN2O5S2/c1-20-27(30(34)38-17-16-33(2)18-21-10-4-3-5-11-21)28(22-12-6-7-13-23(22)31)29-24(32-20)19-39(35)25-14-8-9-15-26(25)40(29,36)37/h3-15,28,32H,16-19H2,1-2H3. The lowest BCUT2D eigenvalue weighted by molar-refractivity contribution is -0.139. The molecule has 0 aromatic heterocycles. The number of carbonyl (C=O) groups excluding carboxylic acids is 1. The molecule has 0 fully saturated rings. The zero-order valence-electron chi connectivity index (χ0n) is 22.1. The Hall–Kier alpha value is -3.24. The van der Waals surface area contributed by atoms with Crippen molar-refractivity contribution in [2.45, 2.75) is 29.2 Å². The number of rotatable bonds is 7. The number of ether oxygens (including phenoxy) is 1. The van der Waals surface area contributed by atoms with Gasteiger partial charge < -0.3 is 10.1 Å². The Balaban J connectivity index is 1.49. The molecule has 1 N–H and O–H groups in total. The molecule has 0 spiro atoms. The fourth-order valence-electron chi connectivity index (χ4n) is 5.11. The van der Waals surface area contributed by atoms with Crippen LogP contribution in [0.1, 0.15) is 24.0 Å². The Kier molecular flexibility index (Phi) is 8.28. The molecule has 2 aliphatic rings. The van der Waals surface area contributed by atoms with Crippen LogP contribution in [0.3, 0.4) is 0 Å². The predicted octanol–water partition coefficient (Wildman–Crippen LogP) is 4.78. The van der Waals surface area contributed by atoms with Gasteiger partial charge in [0.1, 0.15) is 6.61 Å². The van der Waals surface area contributed by atoms with Crippen molar-refractivity contribution in [1.29, 1.82) is 0 Å². The van der Waals surface area contributed by atoms with E-state index in [1.54, 1.807) is 49.4 Å². The molecule has 3 aromatic rings. The van der Waals surface area contributed by atoms with E-state index in [-0.39, 0.29) is 38.3 Å². The topological polar surface area (TPSA) is 92.8 Å². The summed E-state index contributed by atoms with van der Waals surface area (Å²) >= 11 is 6.61. The molecule has 0 radical (unpaired) electrons. The SMILES string of the molecule is CC1=C(C(=O)OCCN(C)Cc2ccccc2)C(c2ccccc2Cl)C2=C(CS(=O)c3ccccc3S2(=O)=O)N1. The van der Waals surface area contributed by atoms with Gasteiger partial charge in [0.25, 0.3) is 0 Å². The highest BCUT2D eigenvalue weighted by Crippen LogP contribution is 2.47. The zero-order chi connectivity index (χ0) is 28.4. The first-order chi connectivity index (χ1) is 19.2. The van der Waals surface area contributed by atoms with Gasteiger partial charge in [-0.15, -0.1) is 0 Å². The van der Waals surface area contributed by atoms with E-state index in [0.717, 1.165) is 5.56 Å². The van der Waals surface area contributed by atoms with Crippen molar-refractivity contribution < 1.29 is 22.2 Å². The highest BCUT2D eigenvalue weighted by Gasteiger charge is 2.45. The minimum Gasteiger partial charge on any atom is -0.461 e. The van der Waals surface area contributed by atoms with E-state index in [0.29, 0.717) is 29.4 Å². The van der Waals surface area contributed by atoms with Crippen LogP contribution in [0.4, 0.5) is 0 Å². The van der Waals surface area contributed by atoms with Gasteiger partial charge in [-0.3, -0.25) is 9.11 Å². The number of fused-ring (bicyclic) bond motifs is 1. The van der Waals surface area contributed by atoms with E-state index < -0.39 is 32.5 Å². The number of likely N-dealkylation sites (N-methyl/N-ethyl adjacent to an activating group) is 1. The molecule has 208 valence electrons. The molecule has 0 amide bonds. The van der Waals surface area contributed by atoms with Crippen LogP contribution < -0.4 is 5.32 Å². The quantitative estimate of drug-likeness (QED) is 0.392. The van der Waals surface area contributed by atoms with Crippen LogP contribution in [0, 0.1) is 0 Å². The van der Waals surface area contributed by atoms with Crippen molar-refractivity contribution in [1.82, 2.24) is 10.2 Å². The minimum absolute atomic E-state index is 0.0300. The summed E-state index contributed by atoms with van der Waals surface area (Å²) < 4.78 is 47.4. The van der Waals surface area contributed by atoms with E-state index in [9.17, 15) is 17.4 Å². The van der Waals surface area contributed by atoms with Crippen molar-refractivity contribution in [3.8, 4) is 0 Å². The molecule has 2 heterocycles. The Bertz CT molecular complexity index is 1650. The molecule has 10 heteroatoms. The van der Waals surface area contributed by atoms with Crippen LogP contribution in [0.5, 0.6) is 0 Å². The fourth-order valence-corrected chi connectivity index (χ4v) is 9.05. The number of carbonyl (C=O) groups is 1. The van der Waals surface area contributed by atoms with Gasteiger partial charge in [0.05, 0.1) is 42.7 Å². The number of nitrogens with zero attached hydrogens (tertiary/aromatic N) is 1. The molecule has 0 aliphatic carbocycles. The molecule has 40 heavy (non-hydrogen) atoms. The van der Waals surface area contributed by atoms with E-state index in [4.69, 9.17) is 16.3 Å². The minimum atomic E-state index is -4.17. The van der Waals surface area contributed by atoms with Crippen molar-refractivity contribution >= 4 is 38.2 Å². The molecule has 0 bridgehead atoms. The third-order valence-electron chi connectivity index (χ3n) is 6.98. The largest absolute Gasteiger partial charge is 0.461 e. The van der Waals surface area contributed by atoms with Crippen LogP contribution >= 0.6 is 11.6 Å². The summed E-state index contributed by atoms with van der Waals surface area (Å²) in [6, 6.07) is 23.1. The van der Waals surface area contributed by atoms with Crippen LogP contribution in [0.15, 0.2) is 111 Å². The Morgan fingerprint density at radius 1 is 1.05 bits per heavy atom. The number of dihydropyridines is 1. The predicted molar refractivity (Wildman–Crippen MR) is 156 cm³/mol. The van der Waals surface area contributed by atoms with E-state index >= 15 is 0 Å². The number of nitrogens with one attached hydrogen (secondary N) is 1. The summed E-state index contributed by atoms with van der Waals surface area (Å²) in [4.78, 5) is 15.9. The number of allylic oxidation sites excluding steroid dienone is 2. The van der Waals surface area contributed by atoms with Crippen LogP contribution in [-0.2, 0) is 36.7 Å². The van der Waals surface area contributed by atoms with Gasteiger partial charge in [-0.2, -0.15) is 0 Å². The second-order valence-electron chi connectivity index (χ2n) is 9.76. The normalized spacial score (nSPS) is 19.9. The highest BCUT2D eigenvalue weighted by atomic mass is 35.5. The molecule has 7 nitrogen and oxygen atoms in total. The van der Waals surface area contributed by atoms with E-state index in [1.807, 2.05) is 42.3 Å². The zero-order valence-corrected chi connectivity index (χ0v) is 24.5. The molecule has 5 rings (SSSR count). The number of hydrogen-bond acceptors (Lipinski definition) is 7. The second-order valence-corrected chi connectivity index (χ2v) is 13.5. The van der Waals surface area contributed by atoms with Gasteiger partial charge in [0, 0.05) is 29.5 Å². The number of sulfone groups is 1. The van der Waals surface area contributed by atoms with E-state index in [2.05, 4.69) is 5.32 Å². The smallest absolute Gasteiger partial charge is 0.336 e. The maximum absolute atomic E-state index is 14.2. The summed E-state index contributed by atoms with van der Waals surface area (Å²) in [5.74, 6) is -1.72. The van der Waals surface area contributed by atoms with Gasteiger partial charge in [-0.1, -0.05) is 72.3 Å². The molecule has 0 saturated carbocycles. The first-order valence-electron chi connectivity index (χ1n) is 12.8. The first kappa shape index (κ1) is 28.3. The highest BCUT2D eigenvalue weighted by molar-refractivity contribution is 7.96. The first-order valence-corrected chi connectivity index (χ1v) is 15.9. The van der Waals surface area contributed by atoms with Crippen molar-refractivity contribution in [2.24, 2.45) is 0 Å². The maximum Gasteiger partial charge on any atom is 0.336 e. The lowest BCUT2D eigenvalue weighted by atomic mass is 9.86. The molecule has 3 aromatic carbocycles. The van der Waals surface area contributed by atoms with Gasteiger partial charge in [0.15, 0.2) is 0 Å². The molecule has 0 saturated heterocycles. The van der Waals surface area contributed by atoms with Crippen LogP contribution in [0.2, 0.25) is 5.02 Å². The van der Waals surface area contributed by atoms with Gasteiger partial charge in [0.2, 0.25) is 9.84 Å². The average molecular weight is 597 g/mol. The Labute approximate surface area is 241 Å². The molecule has 2 atom stereocenters. The number of hydrogen-bond donors (Lipinski definition) is 1. The lowest BCUT2D eigenvalue weighted by Gasteiger charge is -2.31. The van der Waals surface area contributed by atoms with Crippen molar-refractivity contribution in [3.63, 3.8) is 0 Å². The number of benzene rings is 3. The van der Waals surface area contributed by atoms with Gasteiger partial charge in [-0.25, -0.2) is 13.2 Å². The molecule has 2 unspecified atom stereocenters. The number of esters is 1. The van der Waals surface area contributed by atoms with Crippen LogP contribution in [-0.4, -0.2) is 49.4 Å². The van der Waals surface area contributed by atoms with Gasteiger partial charge in [-0.05, 0) is 43.3 Å². The van der Waals surface area contributed by atoms with E-state index in [1.165, 1.54) is 6.07 Å². The van der Waals surface area contributed by atoms with Gasteiger partial charge >= 0.3 is 5.97 Å². The number of halogens is 1. The summed E-state index contributed by atoms with van der Waals surface area (Å²) in [5.41, 5.74) is 2.48. The summed E-state index contributed by atoms with van der Waals surface area (Å²) in [7, 11) is -3.85. The summed E-state index contributed by atoms with van der Waals surface area (Å²) in [6.45, 7) is 2.98. The van der Waals surface area contributed by atoms with Crippen molar-refractivity contribution in [3.05, 3.63) is 117 Å². The molecular weight excluding hydrogens is 568 g/mol. The fraction of sp³-hybridized carbons (Fsp3) is 0.233. The lowest BCUT2D eigenvalue weighted by Crippen LogP contribution is -2.34. The third kappa shape index (κ3) is 5.51. The van der Waals surface area contributed by atoms with Crippen molar-refractivity contribution in [2.75, 3.05) is 26.0 Å². The monoisotopic (exact) mass is 596 g/mol. The molecular formula is C30H29ClN2O5S2. The maximum atomic E-state index is 14.2. The second kappa shape index (κ2) is 11.7. The summed E-state index contributed by atoms with van der Waals surface area (Å²) in [5, 5.41) is 3.41. The summed E-state index contributed by atoms with van der Waals surface area (Å²) in [6.07, 6.45) is 0. The Morgan fingerprint density at radius 2 is 1.73 bits per heavy atom.